The molecule has 0 atom stereocenters. The van der Waals surface area contributed by atoms with E-state index in [4.69, 9.17) is 0 Å². The SMILES string of the molecule is C=C1C/C1=C\C(=O)CCCCCCC.[CH3-].[Fe]. The van der Waals surface area contributed by atoms with Crippen molar-refractivity contribution in [2.45, 2.75) is 51.9 Å². The van der Waals surface area contributed by atoms with Gasteiger partial charge in [0.15, 0.2) is 5.78 Å². The molecule has 0 bridgehead atoms. The number of rotatable bonds is 7. The molecule has 1 aliphatic rings. The number of carbonyl (C=O) groups is 1. The summed E-state index contributed by atoms with van der Waals surface area (Å²) in [5, 5.41) is 0. The summed E-state index contributed by atoms with van der Waals surface area (Å²) < 4.78 is 0. The van der Waals surface area contributed by atoms with Gasteiger partial charge in [-0.15, -0.1) is 0 Å². The molecule has 0 aliphatic heterocycles. The Labute approximate surface area is 111 Å². The van der Waals surface area contributed by atoms with E-state index < -0.39 is 0 Å². The molecule has 94 valence electrons. The maximum atomic E-state index is 11.4. The zero-order valence-corrected chi connectivity index (χ0v) is 11.6. The van der Waals surface area contributed by atoms with Crippen molar-refractivity contribution >= 4 is 5.78 Å². The fourth-order valence-corrected chi connectivity index (χ4v) is 1.51. The van der Waals surface area contributed by atoms with E-state index in [1.165, 1.54) is 31.3 Å². The first-order valence-corrected chi connectivity index (χ1v) is 5.65. The smallest absolute Gasteiger partial charge is 0.155 e. The molecule has 0 aromatic heterocycles. The molecule has 0 amide bonds. The summed E-state index contributed by atoms with van der Waals surface area (Å²) in [6, 6.07) is 0. The first-order chi connectivity index (χ1) is 6.74. The Bertz CT molecular complexity index is 253. The van der Waals surface area contributed by atoms with Crippen molar-refractivity contribution in [1.82, 2.24) is 0 Å². The monoisotopic (exact) mass is 263 g/mol. The zero-order valence-electron chi connectivity index (χ0n) is 10.5. The number of hydrogen-bond donors (Lipinski definition) is 0. The average Bonchev–Trinajstić information content (AvgIpc) is 2.81. The summed E-state index contributed by atoms with van der Waals surface area (Å²) in [4.78, 5) is 11.4. The zero-order chi connectivity index (χ0) is 10.4. The van der Waals surface area contributed by atoms with Gasteiger partial charge in [-0.05, 0) is 30.1 Å². The summed E-state index contributed by atoms with van der Waals surface area (Å²) >= 11 is 0. The van der Waals surface area contributed by atoms with Gasteiger partial charge in [0.25, 0.3) is 0 Å². The molecular weight excluding hydrogens is 240 g/mol. The topological polar surface area (TPSA) is 17.1 Å². The van der Waals surface area contributed by atoms with E-state index in [0.717, 1.165) is 24.8 Å². The summed E-state index contributed by atoms with van der Waals surface area (Å²) in [7, 11) is 0. The van der Waals surface area contributed by atoms with Crippen LogP contribution < -0.4 is 0 Å². The molecule has 1 saturated carbocycles. The molecule has 0 saturated heterocycles. The summed E-state index contributed by atoms with van der Waals surface area (Å²) in [6.07, 6.45) is 9.54. The van der Waals surface area contributed by atoms with E-state index in [0.29, 0.717) is 0 Å². The van der Waals surface area contributed by atoms with E-state index >= 15 is 0 Å². The maximum absolute atomic E-state index is 11.4. The quantitative estimate of drug-likeness (QED) is 0.290. The minimum absolute atomic E-state index is 0. The average molecular weight is 263 g/mol. The van der Waals surface area contributed by atoms with Crippen LogP contribution in [0.25, 0.3) is 0 Å². The molecular formula is C14H23FeO-. The molecule has 0 N–H and O–H groups in total. The Hall–Kier alpha value is -0.331. The maximum Gasteiger partial charge on any atom is 0.155 e. The Kier molecular flexibility index (Phi) is 11.1. The number of hydrogen-bond acceptors (Lipinski definition) is 1. The molecule has 1 rings (SSSR count). The molecule has 1 aliphatic carbocycles. The van der Waals surface area contributed by atoms with Crippen LogP contribution in [0.4, 0.5) is 0 Å². The van der Waals surface area contributed by atoms with Crippen LogP contribution in [0.15, 0.2) is 23.8 Å². The number of ketones is 1. The minimum Gasteiger partial charge on any atom is -0.358 e. The van der Waals surface area contributed by atoms with Crippen LogP contribution in [0.1, 0.15) is 51.9 Å². The third-order valence-corrected chi connectivity index (χ3v) is 2.59. The summed E-state index contributed by atoms with van der Waals surface area (Å²) in [5.74, 6) is 0.287. The summed E-state index contributed by atoms with van der Waals surface area (Å²) in [5.41, 5.74) is 2.31. The van der Waals surface area contributed by atoms with E-state index in [1.807, 2.05) is 0 Å². The standard InChI is InChI=1S/C13H20O.CH3.Fe/c1-3-4-5-6-7-8-13(14)10-12-9-11(12)2;;/h10H,2-9H2,1H3;1H3;/q;-1;/b12-10+;;. The molecule has 2 heteroatoms. The Morgan fingerprint density at radius 1 is 1.31 bits per heavy atom. The van der Waals surface area contributed by atoms with Crippen molar-refractivity contribution < 1.29 is 21.9 Å². The first kappa shape index (κ1) is 18.0. The van der Waals surface area contributed by atoms with Crippen LogP contribution in [0.3, 0.4) is 0 Å². The minimum atomic E-state index is 0. The third-order valence-electron chi connectivity index (χ3n) is 2.59. The van der Waals surface area contributed by atoms with Crippen LogP contribution in [-0.2, 0) is 21.9 Å². The van der Waals surface area contributed by atoms with Crippen LogP contribution in [0.2, 0.25) is 0 Å². The fourth-order valence-electron chi connectivity index (χ4n) is 1.51. The van der Waals surface area contributed by atoms with Gasteiger partial charge >= 0.3 is 0 Å². The van der Waals surface area contributed by atoms with Gasteiger partial charge in [-0.3, -0.25) is 4.79 Å². The Morgan fingerprint density at radius 3 is 2.38 bits per heavy atom. The van der Waals surface area contributed by atoms with E-state index in [2.05, 4.69) is 13.5 Å². The van der Waals surface area contributed by atoms with E-state index in [9.17, 15) is 4.79 Å². The normalized spacial score (nSPS) is 15.3. The van der Waals surface area contributed by atoms with Gasteiger partial charge in [-0.1, -0.05) is 39.2 Å². The number of allylic oxidation sites excluding steroid dienone is 3. The molecule has 0 radical (unpaired) electrons. The van der Waals surface area contributed by atoms with E-state index in [1.54, 1.807) is 6.08 Å². The Balaban J connectivity index is 0. The number of carbonyl (C=O) groups excluding carboxylic acids is 1. The van der Waals surface area contributed by atoms with Crippen LogP contribution >= 0.6 is 0 Å². The van der Waals surface area contributed by atoms with Gasteiger partial charge in [-0.2, -0.15) is 0 Å². The van der Waals surface area contributed by atoms with Crippen molar-refractivity contribution in [1.29, 1.82) is 0 Å². The molecule has 1 nitrogen and oxygen atoms in total. The van der Waals surface area contributed by atoms with Crippen molar-refractivity contribution in [2.75, 3.05) is 0 Å². The first-order valence-electron chi connectivity index (χ1n) is 5.65. The van der Waals surface area contributed by atoms with Crippen LogP contribution in [0.5, 0.6) is 0 Å². The van der Waals surface area contributed by atoms with Gasteiger partial charge in [0, 0.05) is 23.5 Å². The molecule has 0 heterocycles. The van der Waals surface area contributed by atoms with Crippen LogP contribution in [-0.4, -0.2) is 5.78 Å². The molecule has 1 fully saturated rings. The number of unbranched alkanes of at least 4 members (excludes halogenated alkanes) is 4. The molecule has 0 unspecified atom stereocenters. The van der Waals surface area contributed by atoms with Gasteiger partial charge in [-0.25, -0.2) is 0 Å². The fraction of sp³-hybridized carbons (Fsp3) is 0.571. The van der Waals surface area contributed by atoms with Crippen molar-refractivity contribution in [3.63, 3.8) is 0 Å². The molecule has 16 heavy (non-hydrogen) atoms. The van der Waals surface area contributed by atoms with Crippen molar-refractivity contribution in [3.05, 3.63) is 31.2 Å². The molecule has 0 aromatic carbocycles. The Morgan fingerprint density at radius 2 is 1.88 bits per heavy atom. The second-order valence-electron chi connectivity index (χ2n) is 4.08. The largest absolute Gasteiger partial charge is 0.358 e. The predicted molar refractivity (Wildman–Crippen MR) is 66.6 cm³/mol. The van der Waals surface area contributed by atoms with Gasteiger partial charge < -0.3 is 7.43 Å². The third kappa shape index (κ3) is 7.90. The predicted octanol–water partition coefficient (Wildman–Crippen LogP) is 4.25. The van der Waals surface area contributed by atoms with E-state index in [-0.39, 0.29) is 30.3 Å². The second kappa shape index (κ2) is 9.86. The molecule has 0 spiro atoms. The van der Waals surface area contributed by atoms with Crippen molar-refractivity contribution in [2.24, 2.45) is 0 Å². The molecule has 0 aromatic rings. The van der Waals surface area contributed by atoms with Gasteiger partial charge in [0.1, 0.15) is 0 Å². The second-order valence-corrected chi connectivity index (χ2v) is 4.08. The van der Waals surface area contributed by atoms with Crippen molar-refractivity contribution in [3.8, 4) is 0 Å². The summed E-state index contributed by atoms with van der Waals surface area (Å²) in [6.45, 7) is 6.00. The van der Waals surface area contributed by atoms with Gasteiger partial charge in [0.05, 0.1) is 0 Å². The van der Waals surface area contributed by atoms with Crippen LogP contribution in [0, 0.1) is 7.43 Å². The van der Waals surface area contributed by atoms with Gasteiger partial charge in [0.2, 0.25) is 0 Å².